The van der Waals surface area contributed by atoms with Crippen LogP contribution in [-0.2, 0) is 17.8 Å². The van der Waals surface area contributed by atoms with Crippen molar-refractivity contribution in [1.82, 2.24) is 9.78 Å². The van der Waals surface area contributed by atoms with Gasteiger partial charge in [0.15, 0.2) is 5.78 Å². The van der Waals surface area contributed by atoms with Crippen molar-refractivity contribution in [2.45, 2.75) is 58.4 Å². The quantitative estimate of drug-likeness (QED) is 0.813. The summed E-state index contributed by atoms with van der Waals surface area (Å²) in [5, 5.41) is 13.3. The zero-order valence-electron chi connectivity index (χ0n) is 15.9. The molecule has 5 nitrogen and oxygen atoms in total. The Balaban J connectivity index is 1.68. The first kappa shape index (κ1) is 19.0. The number of rotatable bonds is 5. The molecule has 1 heterocycles. The van der Waals surface area contributed by atoms with Gasteiger partial charge in [0.2, 0.25) is 0 Å². The molecule has 1 aromatic carbocycles. The SMILES string of the molecule is CC1(C)CCC(c2ccc(=O)n(CC(=O)Cc3ccc(C#N)cc3)n2)CC1. The second-order valence-corrected chi connectivity index (χ2v) is 8.22. The van der Waals surface area contributed by atoms with Crippen LogP contribution in [0.2, 0.25) is 0 Å². The van der Waals surface area contributed by atoms with Crippen molar-refractivity contribution in [2.24, 2.45) is 5.41 Å². The van der Waals surface area contributed by atoms with Gasteiger partial charge in [0.1, 0.15) is 6.54 Å². The standard InChI is InChI=1S/C22H25N3O2/c1-22(2)11-9-18(10-12-22)20-7-8-21(27)25(24-20)15-19(26)13-16-3-5-17(14-23)6-4-16/h3-8,18H,9-13,15H2,1-2H3. The van der Waals surface area contributed by atoms with Gasteiger partial charge in [-0.05, 0) is 54.9 Å². The molecule has 140 valence electrons. The molecule has 1 aliphatic rings. The van der Waals surface area contributed by atoms with Gasteiger partial charge in [0, 0.05) is 18.4 Å². The van der Waals surface area contributed by atoms with Crippen LogP contribution in [0.4, 0.5) is 0 Å². The second kappa shape index (κ2) is 7.87. The molecular weight excluding hydrogens is 338 g/mol. The highest BCUT2D eigenvalue weighted by Crippen LogP contribution is 2.41. The van der Waals surface area contributed by atoms with Gasteiger partial charge >= 0.3 is 0 Å². The number of benzene rings is 1. The summed E-state index contributed by atoms with van der Waals surface area (Å²) in [7, 11) is 0. The molecule has 0 unspecified atom stereocenters. The summed E-state index contributed by atoms with van der Waals surface area (Å²) in [4.78, 5) is 24.5. The lowest BCUT2D eigenvalue weighted by Crippen LogP contribution is -2.29. The largest absolute Gasteiger partial charge is 0.297 e. The Labute approximate surface area is 159 Å². The first-order valence-corrected chi connectivity index (χ1v) is 9.45. The zero-order chi connectivity index (χ0) is 19.4. The summed E-state index contributed by atoms with van der Waals surface area (Å²) in [6.45, 7) is 4.56. The van der Waals surface area contributed by atoms with Crippen LogP contribution in [0.1, 0.15) is 62.3 Å². The maximum absolute atomic E-state index is 12.4. The van der Waals surface area contributed by atoms with Gasteiger partial charge in [0.05, 0.1) is 17.3 Å². The first-order chi connectivity index (χ1) is 12.9. The average molecular weight is 363 g/mol. The second-order valence-electron chi connectivity index (χ2n) is 8.22. The monoisotopic (exact) mass is 363 g/mol. The van der Waals surface area contributed by atoms with Crippen LogP contribution in [0, 0.1) is 16.7 Å². The highest BCUT2D eigenvalue weighted by Gasteiger charge is 2.28. The third-order valence-corrected chi connectivity index (χ3v) is 5.46. The van der Waals surface area contributed by atoms with Crippen LogP contribution in [0.25, 0.3) is 0 Å². The van der Waals surface area contributed by atoms with E-state index in [0.29, 0.717) is 16.9 Å². The molecule has 0 bridgehead atoms. The lowest BCUT2D eigenvalue weighted by Gasteiger charge is -2.34. The minimum absolute atomic E-state index is 0.0229. The molecule has 0 atom stereocenters. The predicted octanol–water partition coefficient (Wildman–Crippen LogP) is 3.61. The van der Waals surface area contributed by atoms with Crippen molar-refractivity contribution in [1.29, 1.82) is 5.26 Å². The molecule has 0 N–H and O–H groups in total. The van der Waals surface area contributed by atoms with E-state index in [9.17, 15) is 9.59 Å². The van der Waals surface area contributed by atoms with E-state index in [1.54, 1.807) is 24.3 Å². The van der Waals surface area contributed by atoms with Gasteiger partial charge in [-0.3, -0.25) is 9.59 Å². The molecule has 3 rings (SSSR count). The van der Waals surface area contributed by atoms with E-state index in [4.69, 9.17) is 5.26 Å². The fourth-order valence-corrected chi connectivity index (χ4v) is 3.64. The molecule has 0 amide bonds. The van der Waals surface area contributed by atoms with E-state index in [1.807, 2.05) is 6.07 Å². The van der Waals surface area contributed by atoms with Crippen molar-refractivity contribution in [3.05, 3.63) is 63.6 Å². The molecule has 0 aliphatic heterocycles. The Morgan fingerprint density at radius 2 is 1.85 bits per heavy atom. The maximum Gasteiger partial charge on any atom is 0.267 e. The van der Waals surface area contributed by atoms with E-state index in [-0.39, 0.29) is 24.3 Å². The van der Waals surface area contributed by atoms with Crippen LogP contribution >= 0.6 is 0 Å². The van der Waals surface area contributed by atoms with Gasteiger partial charge in [-0.2, -0.15) is 10.4 Å². The van der Waals surface area contributed by atoms with Gasteiger partial charge in [-0.15, -0.1) is 0 Å². The van der Waals surface area contributed by atoms with Crippen molar-refractivity contribution in [3.63, 3.8) is 0 Å². The molecule has 0 radical (unpaired) electrons. The topological polar surface area (TPSA) is 75.8 Å². The third-order valence-electron chi connectivity index (χ3n) is 5.46. The maximum atomic E-state index is 12.4. The Bertz CT molecular complexity index is 910. The number of hydrogen-bond donors (Lipinski definition) is 0. The normalized spacial score (nSPS) is 16.6. The highest BCUT2D eigenvalue weighted by atomic mass is 16.1. The fraction of sp³-hybridized carbons (Fsp3) is 0.455. The number of hydrogen-bond acceptors (Lipinski definition) is 4. The van der Waals surface area contributed by atoms with Gasteiger partial charge in [-0.25, -0.2) is 4.68 Å². The molecule has 27 heavy (non-hydrogen) atoms. The number of nitrogens with zero attached hydrogens (tertiary/aromatic N) is 3. The van der Waals surface area contributed by atoms with Gasteiger partial charge in [0.25, 0.3) is 5.56 Å². The van der Waals surface area contributed by atoms with E-state index in [0.717, 1.165) is 36.9 Å². The lowest BCUT2D eigenvalue weighted by molar-refractivity contribution is -0.119. The number of ketones is 1. The Kier molecular flexibility index (Phi) is 5.55. The number of carbonyl (C=O) groups is 1. The number of carbonyl (C=O) groups excluding carboxylic acids is 1. The molecular formula is C22H25N3O2. The predicted molar refractivity (Wildman–Crippen MR) is 103 cm³/mol. The van der Waals surface area contributed by atoms with Crippen molar-refractivity contribution < 1.29 is 4.79 Å². The summed E-state index contributed by atoms with van der Waals surface area (Å²) in [6, 6.07) is 12.3. The molecule has 1 fully saturated rings. The van der Waals surface area contributed by atoms with Crippen LogP contribution in [0.5, 0.6) is 0 Å². The summed E-state index contributed by atoms with van der Waals surface area (Å²) in [5.74, 6) is 0.287. The fourth-order valence-electron chi connectivity index (χ4n) is 3.64. The highest BCUT2D eigenvalue weighted by molar-refractivity contribution is 5.80. The van der Waals surface area contributed by atoms with E-state index < -0.39 is 0 Å². The first-order valence-electron chi connectivity index (χ1n) is 9.45. The average Bonchev–Trinajstić information content (AvgIpc) is 2.64. The summed E-state index contributed by atoms with van der Waals surface area (Å²) in [6.07, 6.45) is 4.66. The summed E-state index contributed by atoms with van der Waals surface area (Å²) >= 11 is 0. The number of aromatic nitrogens is 2. The third kappa shape index (κ3) is 4.91. The van der Waals surface area contributed by atoms with Crippen LogP contribution in [0.15, 0.2) is 41.2 Å². The van der Waals surface area contributed by atoms with Crippen molar-refractivity contribution in [2.75, 3.05) is 0 Å². The molecule has 0 spiro atoms. The van der Waals surface area contributed by atoms with Crippen molar-refractivity contribution in [3.8, 4) is 6.07 Å². The van der Waals surface area contributed by atoms with Crippen LogP contribution < -0.4 is 5.56 Å². The molecule has 1 aromatic heterocycles. The van der Waals surface area contributed by atoms with Crippen LogP contribution in [0.3, 0.4) is 0 Å². The Morgan fingerprint density at radius 1 is 1.19 bits per heavy atom. The van der Waals surface area contributed by atoms with E-state index in [1.165, 1.54) is 10.7 Å². The Morgan fingerprint density at radius 3 is 2.48 bits per heavy atom. The van der Waals surface area contributed by atoms with E-state index in [2.05, 4.69) is 25.0 Å². The number of nitriles is 1. The smallest absolute Gasteiger partial charge is 0.267 e. The minimum atomic E-state index is -0.247. The molecule has 1 aliphatic carbocycles. The van der Waals surface area contributed by atoms with Crippen LogP contribution in [-0.4, -0.2) is 15.6 Å². The lowest BCUT2D eigenvalue weighted by atomic mass is 9.72. The van der Waals surface area contributed by atoms with Gasteiger partial charge in [-0.1, -0.05) is 26.0 Å². The van der Waals surface area contributed by atoms with Crippen molar-refractivity contribution >= 4 is 5.78 Å². The zero-order valence-corrected chi connectivity index (χ0v) is 15.9. The molecule has 1 saturated carbocycles. The summed E-state index contributed by atoms with van der Waals surface area (Å²) < 4.78 is 1.29. The van der Waals surface area contributed by atoms with Gasteiger partial charge < -0.3 is 0 Å². The summed E-state index contributed by atoms with van der Waals surface area (Å²) in [5.41, 5.74) is 2.44. The molecule has 0 saturated heterocycles. The molecule has 2 aromatic rings. The minimum Gasteiger partial charge on any atom is -0.297 e. The molecule has 5 heteroatoms. The number of Topliss-reactive ketones (excluding diaryl/α,β-unsaturated/α-hetero) is 1. The van der Waals surface area contributed by atoms with E-state index >= 15 is 0 Å². The Hall–Kier alpha value is -2.74.